The summed E-state index contributed by atoms with van der Waals surface area (Å²) in [7, 11) is 0. The number of hydrogen-bond acceptors (Lipinski definition) is 4. The fourth-order valence-electron chi connectivity index (χ4n) is 2.19. The number of rotatable bonds is 5. The molecule has 1 unspecified atom stereocenters. The van der Waals surface area contributed by atoms with Crippen LogP contribution in [0.25, 0.3) is 0 Å². The maximum atomic E-state index is 11.9. The summed E-state index contributed by atoms with van der Waals surface area (Å²) in [6.45, 7) is 3.00. The van der Waals surface area contributed by atoms with Crippen molar-refractivity contribution in [1.82, 2.24) is 5.32 Å². The molecular weight excluding hydrogens is 258 g/mol. The van der Waals surface area contributed by atoms with Crippen molar-refractivity contribution in [2.75, 3.05) is 13.2 Å². The largest absolute Gasteiger partial charge is 0.490 e. The van der Waals surface area contributed by atoms with Gasteiger partial charge < -0.3 is 14.8 Å². The molecule has 0 radical (unpaired) electrons. The molecule has 1 saturated heterocycles. The molecule has 1 heterocycles. The number of aldehydes is 1. The first kappa shape index (κ1) is 14.4. The zero-order chi connectivity index (χ0) is 14.4. The van der Waals surface area contributed by atoms with Gasteiger partial charge in [0.1, 0.15) is 0 Å². The summed E-state index contributed by atoms with van der Waals surface area (Å²) < 4.78 is 11.3. The maximum absolute atomic E-state index is 11.9. The summed E-state index contributed by atoms with van der Waals surface area (Å²) in [5, 5.41) is 2.81. The number of carbonyl (C=O) groups excluding carboxylic acids is 2. The average molecular weight is 277 g/mol. The molecule has 1 fully saturated rings. The average Bonchev–Trinajstić information content (AvgIpc) is 2.66. The number of hydrogen-bond donors (Lipinski definition) is 1. The van der Waals surface area contributed by atoms with Crippen molar-refractivity contribution < 1.29 is 19.1 Å². The summed E-state index contributed by atoms with van der Waals surface area (Å²) in [6.07, 6.45) is 2.64. The standard InChI is InChI=1S/C15H19NO4/c1-2-19-12-8-5-6-11(10-17)14(12)20-13-7-3-4-9-16-15(13)18/h5-6,8,10,13H,2-4,7,9H2,1H3,(H,16,18). The van der Waals surface area contributed by atoms with Gasteiger partial charge in [-0.15, -0.1) is 0 Å². The second kappa shape index (κ2) is 6.93. The van der Waals surface area contributed by atoms with Crippen LogP contribution >= 0.6 is 0 Å². The zero-order valence-corrected chi connectivity index (χ0v) is 11.6. The van der Waals surface area contributed by atoms with Crippen LogP contribution in [0.15, 0.2) is 18.2 Å². The van der Waals surface area contributed by atoms with Gasteiger partial charge in [0.05, 0.1) is 12.2 Å². The van der Waals surface area contributed by atoms with Crippen molar-refractivity contribution in [1.29, 1.82) is 0 Å². The van der Waals surface area contributed by atoms with Gasteiger partial charge in [-0.2, -0.15) is 0 Å². The first-order valence-corrected chi connectivity index (χ1v) is 6.91. The van der Waals surface area contributed by atoms with Gasteiger partial charge in [-0.05, 0) is 38.3 Å². The molecule has 0 saturated carbocycles. The third-order valence-electron chi connectivity index (χ3n) is 3.18. The van der Waals surface area contributed by atoms with Crippen LogP contribution in [0.5, 0.6) is 11.5 Å². The molecular formula is C15H19NO4. The van der Waals surface area contributed by atoms with E-state index in [9.17, 15) is 9.59 Å². The van der Waals surface area contributed by atoms with Crippen molar-refractivity contribution >= 4 is 12.2 Å². The van der Waals surface area contributed by atoms with Crippen LogP contribution < -0.4 is 14.8 Å². The first-order chi connectivity index (χ1) is 9.76. The van der Waals surface area contributed by atoms with E-state index in [0.29, 0.717) is 42.9 Å². The molecule has 1 atom stereocenters. The minimum Gasteiger partial charge on any atom is -0.490 e. The zero-order valence-electron chi connectivity index (χ0n) is 11.6. The third-order valence-corrected chi connectivity index (χ3v) is 3.18. The van der Waals surface area contributed by atoms with E-state index in [1.165, 1.54) is 0 Å². The second-order valence-corrected chi connectivity index (χ2v) is 4.62. The molecule has 1 amide bonds. The normalized spacial score (nSPS) is 18.9. The number of ether oxygens (including phenoxy) is 2. The van der Waals surface area contributed by atoms with Crippen LogP contribution in [0.2, 0.25) is 0 Å². The van der Waals surface area contributed by atoms with E-state index in [1.54, 1.807) is 18.2 Å². The summed E-state index contributed by atoms with van der Waals surface area (Å²) in [4.78, 5) is 23.1. The SMILES string of the molecule is CCOc1cccc(C=O)c1OC1CCCCNC1=O. The van der Waals surface area contributed by atoms with Gasteiger partial charge in [-0.1, -0.05) is 6.07 Å². The predicted octanol–water partition coefficient (Wildman–Crippen LogP) is 1.95. The van der Waals surface area contributed by atoms with Gasteiger partial charge in [-0.3, -0.25) is 9.59 Å². The summed E-state index contributed by atoms with van der Waals surface area (Å²) in [6, 6.07) is 5.12. The highest BCUT2D eigenvalue weighted by atomic mass is 16.5. The molecule has 1 aromatic rings. The van der Waals surface area contributed by atoms with Crippen LogP contribution in [0.3, 0.4) is 0 Å². The van der Waals surface area contributed by atoms with Gasteiger partial charge in [0.25, 0.3) is 5.91 Å². The molecule has 20 heavy (non-hydrogen) atoms. The lowest BCUT2D eigenvalue weighted by molar-refractivity contribution is -0.127. The number of para-hydroxylation sites is 1. The Hall–Kier alpha value is -2.04. The molecule has 1 N–H and O–H groups in total. The van der Waals surface area contributed by atoms with Crippen molar-refractivity contribution in [3.63, 3.8) is 0 Å². The lowest BCUT2D eigenvalue weighted by Gasteiger charge is -2.19. The number of nitrogens with one attached hydrogen (secondary N) is 1. The lowest BCUT2D eigenvalue weighted by Crippen LogP contribution is -2.36. The Labute approximate surface area is 118 Å². The van der Waals surface area contributed by atoms with Crippen molar-refractivity contribution in [2.24, 2.45) is 0 Å². The Morgan fingerprint density at radius 3 is 3.00 bits per heavy atom. The van der Waals surface area contributed by atoms with Crippen molar-refractivity contribution in [2.45, 2.75) is 32.3 Å². The number of carbonyl (C=O) groups is 2. The number of benzene rings is 1. The lowest BCUT2D eigenvalue weighted by atomic mass is 10.1. The monoisotopic (exact) mass is 277 g/mol. The fraction of sp³-hybridized carbons (Fsp3) is 0.467. The molecule has 5 heteroatoms. The second-order valence-electron chi connectivity index (χ2n) is 4.62. The van der Waals surface area contributed by atoms with E-state index in [4.69, 9.17) is 9.47 Å². The molecule has 2 rings (SSSR count). The van der Waals surface area contributed by atoms with Gasteiger partial charge in [0, 0.05) is 6.54 Å². The Balaban J connectivity index is 2.25. The van der Waals surface area contributed by atoms with Crippen LogP contribution in [-0.2, 0) is 4.79 Å². The highest BCUT2D eigenvalue weighted by Crippen LogP contribution is 2.32. The van der Waals surface area contributed by atoms with E-state index in [2.05, 4.69) is 5.32 Å². The first-order valence-electron chi connectivity index (χ1n) is 6.91. The Bertz CT molecular complexity index is 487. The third kappa shape index (κ3) is 3.29. The Morgan fingerprint density at radius 1 is 1.40 bits per heavy atom. The minimum atomic E-state index is -0.571. The van der Waals surface area contributed by atoms with Crippen molar-refractivity contribution in [3.05, 3.63) is 23.8 Å². The molecule has 1 aromatic carbocycles. The molecule has 5 nitrogen and oxygen atoms in total. The summed E-state index contributed by atoms with van der Waals surface area (Å²) >= 11 is 0. The highest BCUT2D eigenvalue weighted by molar-refractivity contribution is 5.84. The van der Waals surface area contributed by atoms with Crippen molar-refractivity contribution in [3.8, 4) is 11.5 Å². The van der Waals surface area contributed by atoms with Crippen LogP contribution in [-0.4, -0.2) is 31.4 Å². The molecule has 1 aliphatic rings. The molecule has 0 aliphatic carbocycles. The maximum Gasteiger partial charge on any atom is 0.261 e. The van der Waals surface area contributed by atoms with Gasteiger partial charge in [0.15, 0.2) is 23.9 Å². The number of amides is 1. The van der Waals surface area contributed by atoms with E-state index in [-0.39, 0.29) is 5.91 Å². The smallest absolute Gasteiger partial charge is 0.261 e. The van der Waals surface area contributed by atoms with E-state index < -0.39 is 6.10 Å². The fourth-order valence-corrected chi connectivity index (χ4v) is 2.19. The summed E-state index contributed by atoms with van der Waals surface area (Å²) in [5.41, 5.74) is 0.396. The van der Waals surface area contributed by atoms with E-state index >= 15 is 0 Å². The Kier molecular flexibility index (Phi) is 4.98. The topological polar surface area (TPSA) is 64.6 Å². The molecule has 0 aromatic heterocycles. The highest BCUT2D eigenvalue weighted by Gasteiger charge is 2.24. The quantitative estimate of drug-likeness (QED) is 0.835. The summed E-state index contributed by atoms with van der Waals surface area (Å²) in [5.74, 6) is 0.714. The van der Waals surface area contributed by atoms with E-state index in [1.807, 2.05) is 6.92 Å². The van der Waals surface area contributed by atoms with Crippen LogP contribution in [0.4, 0.5) is 0 Å². The van der Waals surface area contributed by atoms with Crippen LogP contribution in [0, 0.1) is 0 Å². The Morgan fingerprint density at radius 2 is 2.25 bits per heavy atom. The van der Waals surface area contributed by atoms with Gasteiger partial charge in [-0.25, -0.2) is 0 Å². The minimum absolute atomic E-state index is 0.134. The molecule has 0 spiro atoms. The molecule has 108 valence electrons. The predicted molar refractivity (Wildman–Crippen MR) is 74.3 cm³/mol. The van der Waals surface area contributed by atoms with Gasteiger partial charge >= 0.3 is 0 Å². The van der Waals surface area contributed by atoms with Gasteiger partial charge in [0.2, 0.25) is 0 Å². The van der Waals surface area contributed by atoms with E-state index in [0.717, 1.165) is 12.8 Å². The van der Waals surface area contributed by atoms with Crippen LogP contribution in [0.1, 0.15) is 36.5 Å². The molecule has 1 aliphatic heterocycles. The molecule has 0 bridgehead atoms.